The molecular formula is C9H8F2OS. The van der Waals surface area contributed by atoms with Crippen LogP contribution in [0.4, 0.5) is 8.78 Å². The summed E-state index contributed by atoms with van der Waals surface area (Å²) >= 11 is 1.10. The lowest BCUT2D eigenvalue weighted by atomic mass is 10.1. The topological polar surface area (TPSA) is 17.1 Å². The van der Waals surface area contributed by atoms with Gasteiger partial charge in [0.1, 0.15) is 11.6 Å². The molecule has 0 radical (unpaired) electrons. The average Bonchev–Trinajstić information content (AvgIpc) is 2.07. The SMILES string of the molecule is CSc1cc(F)c(C(C)=O)cc1F. The maximum Gasteiger partial charge on any atom is 0.162 e. The van der Waals surface area contributed by atoms with Gasteiger partial charge in [0.15, 0.2) is 5.78 Å². The monoisotopic (exact) mass is 202 g/mol. The maximum absolute atomic E-state index is 13.1. The van der Waals surface area contributed by atoms with Crippen LogP contribution >= 0.6 is 11.8 Å². The number of ketones is 1. The molecule has 1 aromatic rings. The van der Waals surface area contributed by atoms with Crippen molar-refractivity contribution in [2.45, 2.75) is 11.8 Å². The van der Waals surface area contributed by atoms with Crippen LogP contribution in [-0.2, 0) is 0 Å². The molecular weight excluding hydrogens is 194 g/mol. The summed E-state index contributed by atoms with van der Waals surface area (Å²) in [5, 5.41) is 0. The largest absolute Gasteiger partial charge is 0.294 e. The zero-order chi connectivity index (χ0) is 10.0. The minimum Gasteiger partial charge on any atom is -0.294 e. The highest BCUT2D eigenvalue weighted by Crippen LogP contribution is 2.22. The van der Waals surface area contributed by atoms with E-state index in [4.69, 9.17) is 0 Å². The van der Waals surface area contributed by atoms with Crippen molar-refractivity contribution in [1.29, 1.82) is 0 Å². The maximum atomic E-state index is 13.1. The lowest BCUT2D eigenvalue weighted by Crippen LogP contribution is -1.99. The fourth-order valence-corrected chi connectivity index (χ4v) is 1.43. The molecule has 70 valence electrons. The van der Waals surface area contributed by atoms with Crippen LogP contribution in [0.3, 0.4) is 0 Å². The number of hydrogen-bond donors (Lipinski definition) is 0. The molecule has 0 N–H and O–H groups in total. The van der Waals surface area contributed by atoms with Crippen molar-refractivity contribution in [3.8, 4) is 0 Å². The molecule has 0 spiro atoms. The normalized spacial score (nSPS) is 10.2. The van der Waals surface area contributed by atoms with E-state index >= 15 is 0 Å². The van der Waals surface area contributed by atoms with Crippen molar-refractivity contribution in [2.24, 2.45) is 0 Å². The first kappa shape index (κ1) is 10.2. The molecule has 1 nitrogen and oxygen atoms in total. The van der Waals surface area contributed by atoms with Crippen LogP contribution in [0.25, 0.3) is 0 Å². The summed E-state index contributed by atoms with van der Waals surface area (Å²) in [5.74, 6) is -1.69. The summed E-state index contributed by atoms with van der Waals surface area (Å²) in [5.41, 5.74) is -0.199. The number of benzene rings is 1. The van der Waals surface area contributed by atoms with Crippen molar-refractivity contribution in [1.82, 2.24) is 0 Å². The van der Waals surface area contributed by atoms with Crippen LogP contribution in [0.1, 0.15) is 17.3 Å². The molecule has 0 aliphatic carbocycles. The third-order valence-corrected chi connectivity index (χ3v) is 2.37. The van der Waals surface area contributed by atoms with Gasteiger partial charge in [0.25, 0.3) is 0 Å². The van der Waals surface area contributed by atoms with Crippen LogP contribution in [-0.4, -0.2) is 12.0 Å². The zero-order valence-electron chi connectivity index (χ0n) is 7.23. The van der Waals surface area contributed by atoms with Gasteiger partial charge in [0.2, 0.25) is 0 Å². The van der Waals surface area contributed by atoms with Gasteiger partial charge < -0.3 is 0 Å². The fraction of sp³-hybridized carbons (Fsp3) is 0.222. The van der Waals surface area contributed by atoms with Gasteiger partial charge in [0.05, 0.1) is 5.56 Å². The molecule has 0 heterocycles. The fourth-order valence-electron chi connectivity index (χ4n) is 0.955. The molecule has 0 atom stereocenters. The Bertz CT molecular complexity index is 350. The first-order chi connectivity index (χ1) is 6.06. The molecule has 1 aromatic carbocycles. The highest BCUT2D eigenvalue weighted by Gasteiger charge is 2.11. The van der Waals surface area contributed by atoms with Gasteiger partial charge in [-0.1, -0.05) is 0 Å². The molecule has 0 saturated carbocycles. The summed E-state index contributed by atoms with van der Waals surface area (Å²) in [4.78, 5) is 11.0. The zero-order valence-corrected chi connectivity index (χ0v) is 8.04. The highest BCUT2D eigenvalue weighted by atomic mass is 32.2. The van der Waals surface area contributed by atoms with Crippen molar-refractivity contribution in [3.05, 3.63) is 29.3 Å². The van der Waals surface area contributed by atoms with Gasteiger partial charge in [-0.15, -0.1) is 11.8 Å². The molecule has 1 rings (SSSR count). The van der Waals surface area contributed by atoms with Gasteiger partial charge in [-0.25, -0.2) is 8.78 Å². The first-order valence-corrected chi connectivity index (χ1v) is 4.82. The van der Waals surface area contributed by atoms with E-state index in [0.29, 0.717) is 0 Å². The van der Waals surface area contributed by atoms with E-state index < -0.39 is 17.4 Å². The molecule has 0 aliphatic heterocycles. The third-order valence-electron chi connectivity index (χ3n) is 1.62. The van der Waals surface area contributed by atoms with Crippen LogP contribution in [0.2, 0.25) is 0 Å². The lowest BCUT2D eigenvalue weighted by molar-refractivity contribution is 0.101. The molecule has 4 heteroatoms. The average molecular weight is 202 g/mol. The quantitative estimate of drug-likeness (QED) is 0.541. The summed E-state index contributed by atoms with van der Waals surface area (Å²) in [6, 6.07) is 1.97. The van der Waals surface area contributed by atoms with Gasteiger partial charge in [0, 0.05) is 4.90 Å². The molecule has 0 fully saturated rings. The summed E-state index contributed by atoms with van der Waals surface area (Å²) < 4.78 is 26.1. The van der Waals surface area contributed by atoms with Crippen molar-refractivity contribution >= 4 is 17.5 Å². The van der Waals surface area contributed by atoms with E-state index in [2.05, 4.69) is 0 Å². The minimum atomic E-state index is -0.668. The molecule has 0 bridgehead atoms. The van der Waals surface area contributed by atoms with Crippen LogP contribution in [0.5, 0.6) is 0 Å². The third kappa shape index (κ3) is 2.06. The molecule has 0 unspecified atom stereocenters. The van der Waals surface area contributed by atoms with Crippen molar-refractivity contribution < 1.29 is 13.6 Å². The second-order valence-corrected chi connectivity index (χ2v) is 3.37. The number of carbonyl (C=O) groups is 1. The number of hydrogen-bond acceptors (Lipinski definition) is 2. The lowest BCUT2D eigenvalue weighted by Gasteiger charge is -2.02. The van der Waals surface area contributed by atoms with Gasteiger partial charge >= 0.3 is 0 Å². The molecule has 0 saturated heterocycles. The summed E-state index contributed by atoms with van der Waals surface area (Å²) in [6.45, 7) is 1.20. The van der Waals surface area contributed by atoms with E-state index in [9.17, 15) is 13.6 Å². The van der Waals surface area contributed by atoms with Gasteiger partial charge in [-0.2, -0.15) is 0 Å². The number of thioether (sulfide) groups is 1. The van der Waals surface area contributed by atoms with Gasteiger partial charge in [-0.3, -0.25) is 4.79 Å². The van der Waals surface area contributed by atoms with E-state index in [0.717, 1.165) is 23.9 Å². The highest BCUT2D eigenvalue weighted by molar-refractivity contribution is 7.98. The van der Waals surface area contributed by atoms with Crippen molar-refractivity contribution in [2.75, 3.05) is 6.26 Å². The number of rotatable bonds is 2. The second-order valence-electron chi connectivity index (χ2n) is 2.52. The van der Waals surface area contributed by atoms with Crippen LogP contribution in [0.15, 0.2) is 17.0 Å². The predicted octanol–water partition coefficient (Wildman–Crippen LogP) is 2.89. The summed E-state index contributed by atoms with van der Waals surface area (Å²) in [7, 11) is 0. The van der Waals surface area contributed by atoms with E-state index in [1.807, 2.05) is 0 Å². The minimum absolute atomic E-state index is 0.199. The van der Waals surface area contributed by atoms with Crippen LogP contribution < -0.4 is 0 Å². The smallest absolute Gasteiger partial charge is 0.162 e. The Labute approximate surface area is 79.1 Å². The number of halogens is 2. The standard InChI is InChI=1S/C9H8F2OS/c1-5(12)6-3-8(11)9(13-2)4-7(6)10/h3-4H,1-2H3. The predicted molar refractivity (Wildman–Crippen MR) is 48.1 cm³/mol. The molecule has 0 amide bonds. The number of carbonyl (C=O) groups excluding carboxylic acids is 1. The Morgan fingerprint density at radius 3 is 2.38 bits per heavy atom. The van der Waals surface area contributed by atoms with Crippen LogP contribution in [0, 0.1) is 11.6 Å². The molecule has 0 aliphatic rings. The van der Waals surface area contributed by atoms with E-state index in [1.54, 1.807) is 6.26 Å². The second kappa shape index (κ2) is 3.87. The first-order valence-electron chi connectivity index (χ1n) is 3.60. The Morgan fingerprint density at radius 1 is 1.31 bits per heavy atom. The molecule has 0 aromatic heterocycles. The Kier molecular flexibility index (Phi) is 3.03. The van der Waals surface area contributed by atoms with E-state index in [-0.39, 0.29) is 10.5 Å². The Morgan fingerprint density at radius 2 is 1.92 bits per heavy atom. The van der Waals surface area contributed by atoms with Gasteiger partial charge in [-0.05, 0) is 25.3 Å². The molecule has 13 heavy (non-hydrogen) atoms. The van der Waals surface area contributed by atoms with E-state index in [1.165, 1.54) is 6.92 Å². The number of Topliss-reactive ketones (excluding diaryl/α,β-unsaturated/α-hetero) is 1. The Balaban J connectivity index is 3.28. The van der Waals surface area contributed by atoms with Crippen molar-refractivity contribution in [3.63, 3.8) is 0 Å². The Hall–Kier alpha value is -0.900. The summed E-state index contributed by atoms with van der Waals surface area (Å²) in [6.07, 6.45) is 1.64.